The van der Waals surface area contributed by atoms with Crippen LogP contribution in [0.4, 0.5) is 0 Å². The zero-order valence-corrected chi connectivity index (χ0v) is 15.6. The molecule has 0 spiro atoms. The van der Waals surface area contributed by atoms with Crippen molar-refractivity contribution >= 4 is 51.4 Å². The molecule has 0 saturated carbocycles. The van der Waals surface area contributed by atoms with E-state index < -0.39 is 46.7 Å². The van der Waals surface area contributed by atoms with Crippen molar-refractivity contribution in [2.24, 2.45) is 0 Å². The van der Waals surface area contributed by atoms with Crippen molar-refractivity contribution < 1.29 is 108 Å². The molecule has 0 aliphatic heterocycles. The van der Waals surface area contributed by atoms with E-state index >= 15 is 0 Å². The Morgan fingerprint density at radius 1 is 0.950 bits per heavy atom. The number of aliphatic carboxylic acids is 3. The molecule has 20 heavy (non-hydrogen) atoms. The Kier molecular flexibility index (Phi) is 17.6. The fourth-order valence-corrected chi connectivity index (χ4v) is 0.714. The average molecular weight is 357 g/mol. The SMILES string of the molecule is O=C(O)CC(O)(CC(=O)O)C(=O)O.O=S(=O)(O)O.[H-].[H-].[H-].[K+].[Mg+2]. The van der Waals surface area contributed by atoms with E-state index in [9.17, 15) is 14.4 Å². The average Bonchev–Trinajstić information content (AvgIpc) is 1.95. The van der Waals surface area contributed by atoms with Gasteiger partial charge < -0.3 is 24.7 Å². The van der Waals surface area contributed by atoms with Gasteiger partial charge in [0.2, 0.25) is 0 Å². The fourth-order valence-electron chi connectivity index (χ4n) is 0.714. The van der Waals surface area contributed by atoms with Crippen LogP contribution in [0.1, 0.15) is 17.1 Å². The summed E-state index contributed by atoms with van der Waals surface area (Å²) in [4.78, 5) is 30.5. The summed E-state index contributed by atoms with van der Waals surface area (Å²) in [5.74, 6) is -5.02. The first-order valence-electron chi connectivity index (χ1n) is 3.87. The predicted octanol–water partition coefficient (Wildman–Crippen LogP) is -4.94. The van der Waals surface area contributed by atoms with E-state index in [1.165, 1.54) is 0 Å². The zero-order chi connectivity index (χ0) is 15.1. The fraction of sp³-hybridized carbons (Fsp3) is 0.500. The van der Waals surface area contributed by atoms with Gasteiger partial charge in [0, 0.05) is 0 Å². The molecule has 14 heteroatoms. The molecule has 0 aliphatic rings. The first-order chi connectivity index (χ1) is 7.78. The Labute approximate surface area is 176 Å². The van der Waals surface area contributed by atoms with Gasteiger partial charge >= 0.3 is 103 Å². The summed E-state index contributed by atoms with van der Waals surface area (Å²) in [6.45, 7) is 0. The van der Waals surface area contributed by atoms with E-state index in [0.717, 1.165) is 0 Å². The molecule has 0 atom stereocenters. The number of carboxylic acids is 3. The number of aliphatic hydroxyl groups is 1. The minimum atomic E-state index is -4.67. The first kappa shape index (κ1) is 28.8. The molecule has 0 fully saturated rings. The summed E-state index contributed by atoms with van der Waals surface area (Å²) in [5.41, 5.74) is -2.74. The van der Waals surface area contributed by atoms with Crippen LogP contribution in [-0.4, -0.2) is 84.5 Å². The maximum atomic E-state index is 10.3. The summed E-state index contributed by atoms with van der Waals surface area (Å²) >= 11 is 0. The van der Waals surface area contributed by atoms with Gasteiger partial charge in [-0.2, -0.15) is 8.42 Å². The van der Waals surface area contributed by atoms with Crippen molar-refractivity contribution in [1.82, 2.24) is 0 Å². The van der Waals surface area contributed by atoms with Gasteiger partial charge in [-0.05, 0) is 0 Å². The van der Waals surface area contributed by atoms with Crippen molar-refractivity contribution in [2.45, 2.75) is 18.4 Å². The van der Waals surface area contributed by atoms with Gasteiger partial charge in [-0.1, -0.05) is 0 Å². The van der Waals surface area contributed by atoms with Crippen LogP contribution in [0.2, 0.25) is 0 Å². The maximum Gasteiger partial charge on any atom is 2.00 e. The minimum absolute atomic E-state index is 0. The van der Waals surface area contributed by atoms with Crippen LogP contribution in [0.3, 0.4) is 0 Å². The monoisotopic (exact) mass is 356 g/mol. The molecule has 0 aromatic carbocycles. The Morgan fingerprint density at radius 3 is 1.25 bits per heavy atom. The van der Waals surface area contributed by atoms with Gasteiger partial charge in [0.15, 0.2) is 5.60 Å². The van der Waals surface area contributed by atoms with Crippen molar-refractivity contribution in [1.29, 1.82) is 0 Å². The van der Waals surface area contributed by atoms with Gasteiger partial charge in [-0.25, -0.2) is 4.79 Å². The van der Waals surface area contributed by atoms with E-state index in [1.807, 2.05) is 0 Å². The van der Waals surface area contributed by atoms with Crippen LogP contribution in [0.15, 0.2) is 0 Å². The second-order valence-electron chi connectivity index (χ2n) is 2.93. The van der Waals surface area contributed by atoms with Crippen LogP contribution in [0.5, 0.6) is 0 Å². The zero-order valence-electron chi connectivity index (χ0n) is 13.3. The molecule has 0 saturated heterocycles. The molecule has 0 bridgehead atoms. The first-order valence-corrected chi connectivity index (χ1v) is 5.27. The molecule has 0 unspecified atom stereocenters. The Hall–Kier alpha value is 0.643. The van der Waals surface area contributed by atoms with E-state index in [0.29, 0.717) is 0 Å². The summed E-state index contributed by atoms with van der Waals surface area (Å²) in [6.07, 6.45) is -2.29. The number of rotatable bonds is 5. The summed E-state index contributed by atoms with van der Waals surface area (Å²) < 4.78 is 31.6. The van der Waals surface area contributed by atoms with Crippen molar-refractivity contribution in [3.63, 3.8) is 0 Å². The van der Waals surface area contributed by atoms with Gasteiger partial charge in [0.05, 0.1) is 12.8 Å². The second-order valence-corrected chi connectivity index (χ2v) is 3.82. The summed E-state index contributed by atoms with van der Waals surface area (Å²) in [7, 11) is -4.67. The molecule has 11 nitrogen and oxygen atoms in total. The van der Waals surface area contributed by atoms with Gasteiger partial charge in [0.25, 0.3) is 0 Å². The molecule has 0 heterocycles. The molecule has 112 valence electrons. The molecule has 0 radical (unpaired) electrons. The molecule has 0 aromatic rings. The number of carbonyl (C=O) groups is 3. The predicted molar refractivity (Wildman–Crippen MR) is 60.4 cm³/mol. The van der Waals surface area contributed by atoms with Crippen molar-refractivity contribution in [3.05, 3.63) is 0 Å². The quantitative estimate of drug-likeness (QED) is 0.203. The minimum Gasteiger partial charge on any atom is -1.00 e. The molecule has 0 aliphatic carbocycles. The molecule has 0 amide bonds. The third-order valence-electron chi connectivity index (χ3n) is 1.29. The van der Waals surface area contributed by atoms with Crippen LogP contribution in [-0.2, 0) is 24.8 Å². The Morgan fingerprint density at radius 2 is 1.15 bits per heavy atom. The topological polar surface area (TPSA) is 207 Å². The normalized spacial score (nSPS) is 9.95. The molecule has 0 aromatic heterocycles. The smallest absolute Gasteiger partial charge is 1.00 e. The molecular formula is C6H13KMgO11S. The van der Waals surface area contributed by atoms with Crippen molar-refractivity contribution in [2.75, 3.05) is 0 Å². The third-order valence-corrected chi connectivity index (χ3v) is 1.29. The molecule has 6 N–H and O–H groups in total. The van der Waals surface area contributed by atoms with Gasteiger partial charge in [0.1, 0.15) is 0 Å². The number of hydrogen-bond donors (Lipinski definition) is 6. The van der Waals surface area contributed by atoms with E-state index in [1.54, 1.807) is 0 Å². The van der Waals surface area contributed by atoms with E-state index in [-0.39, 0.29) is 78.7 Å². The molecule has 0 rings (SSSR count). The largest absolute Gasteiger partial charge is 2.00 e. The third kappa shape index (κ3) is 21.0. The maximum absolute atomic E-state index is 10.3. The Bertz CT molecular complexity index is 421. The van der Waals surface area contributed by atoms with Crippen LogP contribution >= 0.6 is 0 Å². The van der Waals surface area contributed by atoms with E-state index in [2.05, 4.69) is 0 Å². The van der Waals surface area contributed by atoms with Crippen molar-refractivity contribution in [3.8, 4) is 0 Å². The van der Waals surface area contributed by atoms with Gasteiger partial charge in [-0.3, -0.25) is 18.7 Å². The van der Waals surface area contributed by atoms with E-state index in [4.69, 9.17) is 37.9 Å². The van der Waals surface area contributed by atoms with Gasteiger partial charge in [-0.15, -0.1) is 0 Å². The van der Waals surface area contributed by atoms with Crippen LogP contribution in [0, 0.1) is 0 Å². The Balaban J connectivity index is -0.0000000455. The standard InChI is InChI=1S/C6H8O7.K.Mg.H2O4S.3H/c7-3(8)1-6(13,5(11)12)2-4(9)10;;;1-5(2,3)4;;;/h13H,1-2H2,(H,7,8)(H,9,10)(H,11,12);;;(H2,1,2,3,4);;;/q;+1;+2;;3*-1. The van der Waals surface area contributed by atoms with Crippen LogP contribution in [0.25, 0.3) is 0 Å². The number of carboxylic acid groups (broad SMARTS) is 3. The summed E-state index contributed by atoms with van der Waals surface area (Å²) in [6, 6.07) is 0. The molecular weight excluding hydrogens is 344 g/mol. The van der Waals surface area contributed by atoms with Crippen LogP contribution < -0.4 is 51.4 Å². The second kappa shape index (κ2) is 12.2. The summed E-state index contributed by atoms with van der Waals surface area (Å²) in [5, 5.41) is 33.8. The number of hydrogen-bond acceptors (Lipinski definition) is 6.